The van der Waals surface area contributed by atoms with Crippen molar-refractivity contribution in [1.82, 2.24) is 10.6 Å². The van der Waals surface area contributed by atoms with Crippen molar-refractivity contribution in [3.8, 4) is 0 Å². The second kappa shape index (κ2) is 11.1. The summed E-state index contributed by atoms with van der Waals surface area (Å²) in [6.45, 7) is 5.12. The lowest BCUT2D eigenvalue weighted by atomic mass is 9.85. The van der Waals surface area contributed by atoms with Crippen molar-refractivity contribution >= 4 is 35.6 Å². The predicted molar refractivity (Wildman–Crippen MR) is 123 cm³/mol. The highest BCUT2D eigenvalue weighted by molar-refractivity contribution is 14.0. The topological polar surface area (TPSA) is 39.7 Å². The van der Waals surface area contributed by atoms with Gasteiger partial charge in [-0.1, -0.05) is 24.3 Å². The van der Waals surface area contributed by atoms with Crippen molar-refractivity contribution in [1.29, 1.82) is 0 Å². The number of halogens is 4. The molecule has 3 rings (SSSR count). The van der Waals surface area contributed by atoms with Gasteiger partial charge in [0.05, 0.1) is 12.5 Å². The molecule has 0 bridgehead atoms. The first-order valence-corrected chi connectivity index (χ1v) is 10.1. The van der Waals surface area contributed by atoms with E-state index in [9.17, 15) is 13.2 Å². The third kappa shape index (κ3) is 7.08. The van der Waals surface area contributed by atoms with Crippen molar-refractivity contribution in [3.63, 3.8) is 0 Å². The summed E-state index contributed by atoms with van der Waals surface area (Å²) >= 11 is 0. The van der Waals surface area contributed by atoms with Crippen LogP contribution in [-0.4, -0.2) is 37.8 Å². The van der Waals surface area contributed by atoms with E-state index in [0.717, 1.165) is 18.7 Å². The number of hydrogen-bond donors (Lipinski definition) is 2. The van der Waals surface area contributed by atoms with E-state index in [2.05, 4.69) is 56.9 Å². The Hall–Kier alpha value is -1.45. The summed E-state index contributed by atoms with van der Waals surface area (Å²) in [6, 6.07) is 8.42. The van der Waals surface area contributed by atoms with E-state index in [1.54, 1.807) is 0 Å². The molecule has 0 amide bonds. The van der Waals surface area contributed by atoms with Crippen molar-refractivity contribution in [2.75, 3.05) is 24.5 Å². The molecule has 0 spiro atoms. The van der Waals surface area contributed by atoms with E-state index in [0.29, 0.717) is 31.9 Å². The Morgan fingerprint density at radius 1 is 1.07 bits per heavy atom. The van der Waals surface area contributed by atoms with Gasteiger partial charge in [0, 0.05) is 31.4 Å². The Morgan fingerprint density at radius 2 is 1.69 bits per heavy atom. The second-order valence-electron chi connectivity index (χ2n) is 7.47. The fourth-order valence-corrected chi connectivity index (χ4v) is 3.75. The standard InChI is InChI=1S/C21H29F3N4.HI/c1-2-25-20(27-18-9-7-17(8-10-18)21(22,23)24)26-15-16-5-11-19(12-6-16)28-13-3-4-14-28;/h3-6,11-12,17-18H,2,7-10,13-15H2,1H3,(H2,25,26,27);1H. The summed E-state index contributed by atoms with van der Waals surface area (Å²) in [5.41, 5.74) is 2.30. The third-order valence-electron chi connectivity index (χ3n) is 5.41. The van der Waals surface area contributed by atoms with Gasteiger partial charge in [0.25, 0.3) is 0 Å². The summed E-state index contributed by atoms with van der Waals surface area (Å²) in [4.78, 5) is 6.91. The number of guanidine groups is 1. The molecule has 8 heteroatoms. The normalized spacial score (nSPS) is 22.3. The van der Waals surface area contributed by atoms with Crippen LogP contribution < -0.4 is 15.5 Å². The van der Waals surface area contributed by atoms with Gasteiger partial charge in [0.2, 0.25) is 0 Å². The molecule has 162 valence electrons. The first-order chi connectivity index (χ1) is 13.5. The van der Waals surface area contributed by atoms with Gasteiger partial charge in [0.1, 0.15) is 0 Å². The average molecular weight is 522 g/mol. The third-order valence-corrected chi connectivity index (χ3v) is 5.41. The summed E-state index contributed by atoms with van der Waals surface area (Å²) in [5.74, 6) is -0.486. The van der Waals surface area contributed by atoms with E-state index in [1.165, 1.54) is 5.69 Å². The molecule has 0 saturated heterocycles. The molecule has 2 aliphatic rings. The van der Waals surface area contributed by atoms with E-state index in [-0.39, 0.29) is 42.9 Å². The smallest absolute Gasteiger partial charge is 0.364 e. The van der Waals surface area contributed by atoms with Crippen LogP contribution in [0.5, 0.6) is 0 Å². The van der Waals surface area contributed by atoms with E-state index < -0.39 is 12.1 Å². The summed E-state index contributed by atoms with van der Waals surface area (Å²) in [7, 11) is 0. The first-order valence-electron chi connectivity index (χ1n) is 10.1. The molecule has 1 aliphatic heterocycles. The highest BCUT2D eigenvalue weighted by atomic mass is 127. The Morgan fingerprint density at radius 3 is 2.24 bits per heavy atom. The van der Waals surface area contributed by atoms with Crippen LogP contribution in [0.1, 0.15) is 38.2 Å². The number of rotatable bonds is 5. The molecule has 0 unspecified atom stereocenters. The van der Waals surface area contributed by atoms with Gasteiger partial charge in [-0.2, -0.15) is 13.2 Å². The summed E-state index contributed by atoms with van der Waals surface area (Å²) < 4.78 is 38.5. The zero-order chi connectivity index (χ0) is 20.0. The Kier molecular flexibility index (Phi) is 9.10. The number of anilines is 1. The van der Waals surface area contributed by atoms with Gasteiger partial charge in [-0.15, -0.1) is 24.0 Å². The SMILES string of the molecule is CCNC(=NCc1ccc(N2CC=CC2)cc1)NC1CCC(C(F)(F)F)CC1.I. The van der Waals surface area contributed by atoms with Crippen molar-refractivity contribution in [2.45, 2.75) is 51.4 Å². The number of hydrogen-bond acceptors (Lipinski definition) is 2. The number of alkyl halides is 3. The van der Waals surface area contributed by atoms with E-state index in [1.807, 2.05) is 6.92 Å². The Bertz CT molecular complexity index is 672. The van der Waals surface area contributed by atoms with Crippen LogP contribution in [0.2, 0.25) is 0 Å². The molecule has 1 aliphatic carbocycles. The fourth-order valence-electron chi connectivity index (χ4n) is 3.75. The van der Waals surface area contributed by atoms with Crippen molar-refractivity contribution < 1.29 is 13.2 Å². The number of benzene rings is 1. The average Bonchev–Trinajstić information content (AvgIpc) is 3.21. The molecule has 4 nitrogen and oxygen atoms in total. The molecule has 29 heavy (non-hydrogen) atoms. The Balaban J connectivity index is 0.00000300. The fraction of sp³-hybridized carbons (Fsp3) is 0.571. The maximum Gasteiger partial charge on any atom is 0.391 e. The number of nitrogens with zero attached hydrogens (tertiary/aromatic N) is 2. The number of nitrogens with one attached hydrogen (secondary N) is 2. The maximum absolute atomic E-state index is 12.8. The van der Waals surface area contributed by atoms with Crippen molar-refractivity contribution in [2.24, 2.45) is 10.9 Å². The zero-order valence-electron chi connectivity index (χ0n) is 16.7. The van der Waals surface area contributed by atoms with Gasteiger partial charge in [-0.05, 0) is 50.3 Å². The number of aliphatic imine (C=N–C) groups is 1. The molecule has 1 heterocycles. The molecule has 1 saturated carbocycles. The van der Waals surface area contributed by atoms with Gasteiger partial charge in [-0.3, -0.25) is 0 Å². The maximum atomic E-state index is 12.8. The van der Waals surface area contributed by atoms with Crippen LogP contribution in [0.25, 0.3) is 0 Å². The highest BCUT2D eigenvalue weighted by Crippen LogP contribution is 2.37. The van der Waals surface area contributed by atoms with Gasteiger partial charge < -0.3 is 15.5 Å². The largest absolute Gasteiger partial charge is 0.391 e. The lowest BCUT2D eigenvalue weighted by molar-refractivity contribution is -0.182. The van der Waals surface area contributed by atoms with Crippen molar-refractivity contribution in [3.05, 3.63) is 42.0 Å². The zero-order valence-corrected chi connectivity index (χ0v) is 19.0. The monoisotopic (exact) mass is 522 g/mol. The Labute approximate surface area is 188 Å². The predicted octanol–water partition coefficient (Wildman–Crippen LogP) is 4.86. The summed E-state index contributed by atoms with van der Waals surface area (Å²) in [5, 5.41) is 6.51. The minimum absolute atomic E-state index is 0. The first kappa shape index (κ1) is 23.8. The molecule has 2 N–H and O–H groups in total. The molecular formula is C21H30F3IN4. The lowest BCUT2D eigenvalue weighted by Gasteiger charge is -2.31. The highest BCUT2D eigenvalue weighted by Gasteiger charge is 2.41. The molecule has 0 radical (unpaired) electrons. The van der Waals surface area contributed by atoms with Gasteiger partial charge in [0.15, 0.2) is 5.96 Å². The minimum atomic E-state index is -4.07. The second-order valence-corrected chi connectivity index (χ2v) is 7.47. The van der Waals surface area contributed by atoms with Crippen LogP contribution in [0.4, 0.5) is 18.9 Å². The van der Waals surface area contributed by atoms with Gasteiger partial charge >= 0.3 is 6.18 Å². The molecule has 1 aromatic carbocycles. The van der Waals surface area contributed by atoms with Crippen LogP contribution in [0.3, 0.4) is 0 Å². The quantitative estimate of drug-likeness (QED) is 0.251. The molecule has 1 aromatic rings. The van der Waals surface area contributed by atoms with Crippen LogP contribution in [-0.2, 0) is 6.54 Å². The van der Waals surface area contributed by atoms with Gasteiger partial charge in [-0.25, -0.2) is 4.99 Å². The molecule has 1 fully saturated rings. The van der Waals surface area contributed by atoms with E-state index in [4.69, 9.17) is 0 Å². The lowest BCUT2D eigenvalue weighted by Crippen LogP contribution is -2.45. The van der Waals surface area contributed by atoms with E-state index >= 15 is 0 Å². The minimum Gasteiger partial charge on any atom is -0.364 e. The molecule has 0 aromatic heterocycles. The van der Waals surface area contributed by atoms with Crippen LogP contribution in [0, 0.1) is 5.92 Å². The van der Waals surface area contributed by atoms with Crippen LogP contribution >= 0.6 is 24.0 Å². The molecule has 0 atom stereocenters. The van der Waals surface area contributed by atoms with Crippen LogP contribution in [0.15, 0.2) is 41.4 Å². The summed E-state index contributed by atoms with van der Waals surface area (Å²) in [6.07, 6.45) is 1.67. The molecular weight excluding hydrogens is 492 g/mol.